The largest absolute Gasteiger partial charge is 0.456 e. The number of fused-ring (bicyclic) bond motifs is 2. The van der Waals surface area contributed by atoms with Crippen LogP contribution in [0.1, 0.15) is 30.0 Å². The zero-order chi connectivity index (χ0) is 30.6. The predicted molar refractivity (Wildman–Crippen MR) is 191 cm³/mol. The molecule has 0 radical (unpaired) electrons. The number of allylic oxidation sites excluding steroid dienone is 1. The molecule has 0 spiro atoms. The lowest BCUT2D eigenvalue weighted by Gasteiger charge is -2.11. The third-order valence-electron chi connectivity index (χ3n) is 8.98. The van der Waals surface area contributed by atoms with Crippen molar-refractivity contribution in [1.29, 1.82) is 0 Å². The van der Waals surface area contributed by atoms with Crippen molar-refractivity contribution in [2.24, 2.45) is 9.98 Å². The second-order valence-corrected chi connectivity index (χ2v) is 11.9. The third kappa shape index (κ3) is 4.22. The number of benzene rings is 6. The molecular formula is C42H29N3O. The summed E-state index contributed by atoms with van der Waals surface area (Å²) in [6.45, 7) is 2.17. The van der Waals surface area contributed by atoms with Gasteiger partial charge in [-0.1, -0.05) is 109 Å². The van der Waals surface area contributed by atoms with Crippen molar-refractivity contribution < 1.29 is 4.42 Å². The van der Waals surface area contributed by atoms with Crippen molar-refractivity contribution in [3.05, 3.63) is 168 Å². The maximum atomic E-state index is 6.85. The van der Waals surface area contributed by atoms with Crippen molar-refractivity contribution >= 4 is 61.0 Å². The number of aliphatic imine (C=N–C) groups is 2. The summed E-state index contributed by atoms with van der Waals surface area (Å²) in [5.74, 6) is 0.703. The van der Waals surface area contributed by atoms with E-state index in [-0.39, 0.29) is 0 Å². The van der Waals surface area contributed by atoms with E-state index >= 15 is 0 Å². The molecule has 9 rings (SSSR count). The molecule has 0 saturated carbocycles. The fraction of sp³-hybridized carbons (Fsp3) is 0.0476. The Labute approximate surface area is 266 Å². The molecule has 1 aliphatic rings. The van der Waals surface area contributed by atoms with Crippen LogP contribution >= 0.6 is 0 Å². The topological polar surface area (TPSA) is 42.8 Å². The average Bonchev–Trinajstić information content (AvgIpc) is 3.24. The molecule has 0 amide bonds. The van der Waals surface area contributed by atoms with E-state index in [0.29, 0.717) is 12.3 Å². The molecule has 2 aromatic heterocycles. The number of hydrogen-bond donors (Lipinski definition) is 0. The van der Waals surface area contributed by atoms with Crippen molar-refractivity contribution in [3.63, 3.8) is 0 Å². The van der Waals surface area contributed by atoms with Gasteiger partial charge < -0.3 is 8.98 Å². The number of para-hydroxylation sites is 2. The van der Waals surface area contributed by atoms with Gasteiger partial charge in [0.2, 0.25) is 0 Å². The zero-order valence-electron chi connectivity index (χ0n) is 25.3. The van der Waals surface area contributed by atoms with Crippen LogP contribution in [0.25, 0.3) is 55.1 Å². The average molecular weight is 592 g/mol. The SMILES string of the molecule is CC1=C(c2ccccc2)N=C(c2ccccc2)N=C(c2cc3oc4ccccc4c4cccc5c4c3c(c2)n5-c2ccccc2)C1. The van der Waals surface area contributed by atoms with E-state index in [1.54, 1.807) is 0 Å². The van der Waals surface area contributed by atoms with Gasteiger partial charge in [0.05, 0.1) is 27.8 Å². The highest BCUT2D eigenvalue weighted by Crippen LogP contribution is 2.42. The van der Waals surface area contributed by atoms with Crippen LogP contribution in [0.5, 0.6) is 0 Å². The first-order valence-corrected chi connectivity index (χ1v) is 15.6. The van der Waals surface area contributed by atoms with Gasteiger partial charge in [-0.25, -0.2) is 9.98 Å². The van der Waals surface area contributed by atoms with Gasteiger partial charge in [0, 0.05) is 39.6 Å². The zero-order valence-corrected chi connectivity index (χ0v) is 25.3. The number of aromatic nitrogens is 1. The Morgan fingerprint density at radius 1 is 0.543 bits per heavy atom. The molecule has 4 nitrogen and oxygen atoms in total. The maximum absolute atomic E-state index is 6.85. The van der Waals surface area contributed by atoms with E-state index in [0.717, 1.165) is 66.8 Å². The summed E-state index contributed by atoms with van der Waals surface area (Å²) in [7, 11) is 0. The van der Waals surface area contributed by atoms with Gasteiger partial charge in [0.25, 0.3) is 0 Å². The monoisotopic (exact) mass is 591 g/mol. The Kier molecular flexibility index (Phi) is 6.07. The van der Waals surface area contributed by atoms with Gasteiger partial charge in [-0.3, -0.25) is 0 Å². The summed E-state index contributed by atoms with van der Waals surface area (Å²) in [6.07, 6.45) is 0.655. The van der Waals surface area contributed by atoms with Crippen LogP contribution in [0.15, 0.2) is 166 Å². The summed E-state index contributed by atoms with van der Waals surface area (Å²) in [4.78, 5) is 10.5. The molecule has 0 bridgehead atoms. The van der Waals surface area contributed by atoms with Crippen molar-refractivity contribution in [3.8, 4) is 5.69 Å². The third-order valence-corrected chi connectivity index (χ3v) is 8.98. The van der Waals surface area contributed by atoms with Crippen molar-refractivity contribution in [2.75, 3.05) is 0 Å². The lowest BCUT2D eigenvalue weighted by atomic mass is 9.98. The first kappa shape index (κ1) is 26.4. The molecule has 0 unspecified atom stereocenters. The molecule has 0 N–H and O–H groups in total. The lowest BCUT2D eigenvalue weighted by Crippen LogP contribution is -2.06. The minimum absolute atomic E-state index is 0.655. The van der Waals surface area contributed by atoms with E-state index in [4.69, 9.17) is 14.4 Å². The summed E-state index contributed by atoms with van der Waals surface area (Å²) in [5, 5.41) is 4.58. The summed E-state index contributed by atoms with van der Waals surface area (Å²) in [6, 6.07) is 50.6. The second-order valence-electron chi connectivity index (χ2n) is 11.9. The Morgan fingerprint density at radius 3 is 2.00 bits per heavy atom. The van der Waals surface area contributed by atoms with E-state index in [1.165, 1.54) is 16.3 Å². The van der Waals surface area contributed by atoms with Gasteiger partial charge in [-0.05, 0) is 54.3 Å². The highest BCUT2D eigenvalue weighted by molar-refractivity contribution is 6.28. The number of amidine groups is 1. The van der Waals surface area contributed by atoms with Crippen LogP contribution in [0.2, 0.25) is 0 Å². The number of nitrogens with zero attached hydrogens (tertiary/aromatic N) is 3. The molecule has 1 aliphatic heterocycles. The van der Waals surface area contributed by atoms with Crippen LogP contribution in [0.4, 0.5) is 0 Å². The molecule has 3 heterocycles. The van der Waals surface area contributed by atoms with Crippen molar-refractivity contribution in [1.82, 2.24) is 4.57 Å². The first-order chi connectivity index (χ1) is 22.7. The summed E-state index contributed by atoms with van der Waals surface area (Å²) < 4.78 is 9.21. The molecular weight excluding hydrogens is 562 g/mol. The molecule has 4 heteroatoms. The smallest absolute Gasteiger partial charge is 0.160 e. The Balaban J connectivity index is 1.37. The second kappa shape index (κ2) is 10.6. The van der Waals surface area contributed by atoms with Crippen LogP contribution in [0.3, 0.4) is 0 Å². The van der Waals surface area contributed by atoms with Crippen molar-refractivity contribution in [2.45, 2.75) is 13.3 Å². The lowest BCUT2D eigenvalue weighted by molar-refractivity contribution is 0.663. The molecule has 0 atom stereocenters. The minimum atomic E-state index is 0.655. The van der Waals surface area contributed by atoms with Gasteiger partial charge in [-0.2, -0.15) is 0 Å². The summed E-state index contributed by atoms with van der Waals surface area (Å²) >= 11 is 0. The molecule has 6 aromatic carbocycles. The molecule has 218 valence electrons. The molecule has 0 saturated heterocycles. The van der Waals surface area contributed by atoms with Gasteiger partial charge in [-0.15, -0.1) is 0 Å². The van der Waals surface area contributed by atoms with Crippen LogP contribution < -0.4 is 0 Å². The maximum Gasteiger partial charge on any atom is 0.160 e. The highest BCUT2D eigenvalue weighted by Gasteiger charge is 2.23. The molecule has 46 heavy (non-hydrogen) atoms. The molecule has 8 aromatic rings. The van der Waals surface area contributed by atoms with Gasteiger partial charge >= 0.3 is 0 Å². The Bertz CT molecular complexity index is 2530. The van der Waals surface area contributed by atoms with E-state index in [1.807, 2.05) is 30.3 Å². The predicted octanol–water partition coefficient (Wildman–Crippen LogP) is 10.8. The van der Waals surface area contributed by atoms with E-state index in [2.05, 4.69) is 127 Å². The fourth-order valence-corrected chi connectivity index (χ4v) is 6.89. The van der Waals surface area contributed by atoms with Crippen LogP contribution in [-0.4, -0.2) is 16.1 Å². The number of rotatable bonds is 4. The van der Waals surface area contributed by atoms with E-state index in [9.17, 15) is 0 Å². The Hall–Kier alpha value is -6.00. The van der Waals surface area contributed by atoms with E-state index < -0.39 is 0 Å². The minimum Gasteiger partial charge on any atom is -0.456 e. The van der Waals surface area contributed by atoms with Crippen LogP contribution in [0, 0.1) is 0 Å². The van der Waals surface area contributed by atoms with Crippen LogP contribution in [-0.2, 0) is 0 Å². The van der Waals surface area contributed by atoms with Gasteiger partial charge in [0.15, 0.2) is 5.84 Å². The normalized spacial score (nSPS) is 13.8. The molecule has 0 aliphatic carbocycles. The molecule has 0 fully saturated rings. The fourth-order valence-electron chi connectivity index (χ4n) is 6.89. The van der Waals surface area contributed by atoms with Gasteiger partial charge in [0.1, 0.15) is 11.2 Å². The summed E-state index contributed by atoms with van der Waals surface area (Å²) in [5.41, 5.74) is 11.2. The highest BCUT2D eigenvalue weighted by atomic mass is 16.3. The first-order valence-electron chi connectivity index (χ1n) is 15.6. The standard InChI is InChI=1S/C42H29N3O/c1-27-24-34(43-42(29-16-7-3-8-17-29)44-41(27)28-14-5-2-6-15-28)30-25-36-40-38(26-30)46-37-23-12-11-20-32(37)33-21-13-22-35(39(33)40)45(36)31-18-9-4-10-19-31/h2-23,25-26H,24H2,1H3. The Morgan fingerprint density at radius 2 is 1.22 bits per heavy atom. The quantitative estimate of drug-likeness (QED) is 0.201. The number of hydrogen-bond acceptors (Lipinski definition) is 3.